The lowest BCUT2D eigenvalue weighted by Crippen LogP contribution is -2.34. The van der Waals surface area contributed by atoms with Crippen LogP contribution in [0, 0.1) is 6.92 Å². The van der Waals surface area contributed by atoms with E-state index < -0.39 is 10.0 Å². The number of amides is 1. The van der Waals surface area contributed by atoms with Crippen LogP contribution in [-0.4, -0.2) is 36.4 Å². The van der Waals surface area contributed by atoms with Crippen molar-refractivity contribution in [3.63, 3.8) is 0 Å². The zero-order valence-electron chi connectivity index (χ0n) is 14.5. The van der Waals surface area contributed by atoms with E-state index in [-0.39, 0.29) is 25.4 Å². The molecule has 7 heteroatoms. The van der Waals surface area contributed by atoms with Gasteiger partial charge in [0.05, 0.1) is 18.5 Å². The predicted molar refractivity (Wildman–Crippen MR) is 97.1 cm³/mol. The number of rotatable bonds is 8. The Hall–Kier alpha value is -2.25. The Bertz CT molecular complexity index is 807. The van der Waals surface area contributed by atoms with Gasteiger partial charge in [-0.3, -0.25) is 9.78 Å². The molecule has 0 bridgehead atoms. The first-order valence-corrected chi connectivity index (χ1v) is 9.87. The van der Waals surface area contributed by atoms with Crippen LogP contribution in [0.2, 0.25) is 0 Å². The molecule has 1 aromatic heterocycles. The average molecular weight is 361 g/mol. The fraction of sp³-hybridized carbons (Fsp3) is 0.333. The van der Waals surface area contributed by atoms with Crippen molar-refractivity contribution in [1.29, 1.82) is 0 Å². The third-order valence-corrected chi connectivity index (χ3v) is 5.11. The minimum atomic E-state index is -3.42. The van der Waals surface area contributed by atoms with Gasteiger partial charge in [0.15, 0.2) is 0 Å². The van der Waals surface area contributed by atoms with Crippen LogP contribution < -0.4 is 5.32 Å². The van der Waals surface area contributed by atoms with Crippen molar-refractivity contribution in [1.82, 2.24) is 14.6 Å². The number of sulfonamides is 1. The zero-order chi connectivity index (χ0) is 18.3. The summed E-state index contributed by atoms with van der Waals surface area (Å²) in [4.78, 5) is 16.2. The van der Waals surface area contributed by atoms with Crippen LogP contribution >= 0.6 is 0 Å². The molecule has 0 saturated heterocycles. The minimum Gasteiger partial charge on any atom is -0.352 e. The molecule has 0 fully saturated rings. The second-order valence-corrected chi connectivity index (χ2v) is 7.85. The van der Waals surface area contributed by atoms with Crippen molar-refractivity contribution in [3.8, 4) is 0 Å². The van der Waals surface area contributed by atoms with Crippen molar-refractivity contribution < 1.29 is 13.2 Å². The minimum absolute atomic E-state index is 0.103. The van der Waals surface area contributed by atoms with Crippen LogP contribution in [-0.2, 0) is 27.9 Å². The Balaban J connectivity index is 1.89. The molecule has 6 nitrogen and oxygen atoms in total. The van der Waals surface area contributed by atoms with E-state index in [4.69, 9.17) is 0 Å². The molecule has 0 atom stereocenters. The number of carbonyl (C=O) groups excluding carboxylic acids is 1. The summed E-state index contributed by atoms with van der Waals surface area (Å²) in [5.74, 6) is -0.182. The smallest absolute Gasteiger partial charge is 0.221 e. The third-order valence-electron chi connectivity index (χ3n) is 3.86. The number of hydrogen-bond acceptors (Lipinski definition) is 4. The Morgan fingerprint density at radius 2 is 1.88 bits per heavy atom. The summed E-state index contributed by atoms with van der Waals surface area (Å²) >= 11 is 0. The van der Waals surface area contributed by atoms with E-state index in [2.05, 4.69) is 10.3 Å². The largest absolute Gasteiger partial charge is 0.352 e. The predicted octanol–water partition coefficient (Wildman–Crippen LogP) is 1.86. The van der Waals surface area contributed by atoms with Gasteiger partial charge in [0.1, 0.15) is 0 Å². The summed E-state index contributed by atoms with van der Waals surface area (Å²) in [7, 11) is -3.42. The van der Waals surface area contributed by atoms with Gasteiger partial charge in [0.25, 0.3) is 0 Å². The van der Waals surface area contributed by atoms with E-state index in [1.807, 2.05) is 31.2 Å². The highest BCUT2D eigenvalue weighted by atomic mass is 32.2. The van der Waals surface area contributed by atoms with Crippen molar-refractivity contribution in [2.24, 2.45) is 0 Å². The molecule has 0 aliphatic heterocycles. The molecule has 0 radical (unpaired) electrons. The van der Waals surface area contributed by atoms with Gasteiger partial charge < -0.3 is 5.32 Å². The number of aromatic nitrogens is 1. The zero-order valence-corrected chi connectivity index (χ0v) is 15.3. The summed E-state index contributed by atoms with van der Waals surface area (Å²) < 4.78 is 25.1. The molecule has 25 heavy (non-hydrogen) atoms. The van der Waals surface area contributed by atoms with Crippen LogP contribution in [0.15, 0.2) is 48.7 Å². The first kappa shape index (κ1) is 19.1. The molecular formula is C18H23N3O3S. The second kappa shape index (κ2) is 8.73. The normalized spacial score (nSPS) is 11.5. The van der Waals surface area contributed by atoms with Crippen molar-refractivity contribution >= 4 is 15.9 Å². The molecule has 0 unspecified atom stereocenters. The molecule has 134 valence electrons. The van der Waals surface area contributed by atoms with E-state index in [1.165, 1.54) is 4.31 Å². The molecule has 1 amide bonds. The van der Waals surface area contributed by atoms with Gasteiger partial charge in [0, 0.05) is 25.7 Å². The molecular weight excluding hydrogens is 338 g/mol. The first-order valence-electron chi connectivity index (χ1n) is 8.02. The highest BCUT2D eigenvalue weighted by Crippen LogP contribution is 2.08. The second-order valence-electron chi connectivity index (χ2n) is 5.87. The number of pyridine rings is 1. The molecule has 1 heterocycles. The van der Waals surface area contributed by atoms with Crippen molar-refractivity contribution in [2.75, 3.05) is 12.8 Å². The highest BCUT2D eigenvalue weighted by molar-refractivity contribution is 7.88. The van der Waals surface area contributed by atoms with E-state index in [0.717, 1.165) is 17.4 Å². The van der Waals surface area contributed by atoms with Gasteiger partial charge in [-0.15, -0.1) is 0 Å². The molecule has 0 spiro atoms. The van der Waals surface area contributed by atoms with Crippen LogP contribution in [0.4, 0.5) is 0 Å². The van der Waals surface area contributed by atoms with E-state index in [9.17, 15) is 13.2 Å². The van der Waals surface area contributed by atoms with Gasteiger partial charge in [-0.05, 0) is 30.2 Å². The Labute approximate surface area is 148 Å². The Kier molecular flexibility index (Phi) is 6.66. The SMILES string of the molecule is Cc1ccccc1CNC(=O)CCN(Cc1ccccn1)S(C)(=O)=O. The van der Waals surface area contributed by atoms with Gasteiger partial charge in [-0.25, -0.2) is 8.42 Å². The van der Waals surface area contributed by atoms with Crippen LogP contribution in [0.25, 0.3) is 0 Å². The van der Waals surface area contributed by atoms with Crippen LogP contribution in [0.3, 0.4) is 0 Å². The molecule has 1 aromatic carbocycles. The standard InChI is InChI=1S/C18H23N3O3S/c1-15-7-3-4-8-16(15)13-20-18(22)10-12-21(25(2,23)24)14-17-9-5-6-11-19-17/h3-9,11H,10,12-14H2,1-2H3,(H,20,22). The quantitative estimate of drug-likeness (QED) is 0.778. The lowest BCUT2D eigenvalue weighted by molar-refractivity contribution is -0.121. The van der Waals surface area contributed by atoms with Gasteiger partial charge in [-0.2, -0.15) is 4.31 Å². The number of nitrogens with zero attached hydrogens (tertiary/aromatic N) is 2. The number of nitrogens with one attached hydrogen (secondary N) is 1. The van der Waals surface area contributed by atoms with Crippen LogP contribution in [0.5, 0.6) is 0 Å². The molecule has 0 aliphatic carbocycles. The summed E-state index contributed by atoms with van der Waals surface area (Å²) in [6.07, 6.45) is 2.86. The van der Waals surface area contributed by atoms with Gasteiger partial charge in [-0.1, -0.05) is 30.3 Å². The summed E-state index contributed by atoms with van der Waals surface area (Å²) in [5.41, 5.74) is 2.80. The summed E-state index contributed by atoms with van der Waals surface area (Å²) in [6, 6.07) is 13.1. The van der Waals surface area contributed by atoms with E-state index >= 15 is 0 Å². The number of hydrogen-bond donors (Lipinski definition) is 1. The maximum atomic E-state index is 12.1. The molecule has 0 saturated carbocycles. The number of carbonyl (C=O) groups is 1. The topological polar surface area (TPSA) is 79.4 Å². The van der Waals surface area contributed by atoms with E-state index in [0.29, 0.717) is 12.2 Å². The molecule has 1 N–H and O–H groups in total. The summed E-state index contributed by atoms with van der Waals surface area (Å²) in [5, 5.41) is 2.83. The maximum Gasteiger partial charge on any atom is 0.221 e. The van der Waals surface area contributed by atoms with Gasteiger partial charge in [0.2, 0.25) is 15.9 Å². The first-order chi connectivity index (χ1) is 11.9. The van der Waals surface area contributed by atoms with Crippen LogP contribution in [0.1, 0.15) is 23.2 Å². The maximum absolute atomic E-state index is 12.1. The number of aryl methyl sites for hydroxylation is 1. The third kappa shape index (κ3) is 6.28. The Morgan fingerprint density at radius 3 is 2.52 bits per heavy atom. The Morgan fingerprint density at radius 1 is 1.16 bits per heavy atom. The fourth-order valence-corrected chi connectivity index (χ4v) is 3.14. The lowest BCUT2D eigenvalue weighted by atomic mass is 10.1. The average Bonchev–Trinajstić information content (AvgIpc) is 2.57. The van der Waals surface area contributed by atoms with Gasteiger partial charge >= 0.3 is 0 Å². The number of benzene rings is 1. The lowest BCUT2D eigenvalue weighted by Gasteiger charge is -2.19. The van der Waals surface area contributed by atoms with E-state index in [1.54, 1.807) is 24.4 Å². The fourth-order valence-electron chi connectivity index (χ4n) is 2.35. The van der Waals surface area contributed by atoms with Crippen molar-refractivity contribution in [2.45, 2.75) is 26.4 Å². The highest BCUT2D eigenvalue weighted by Gasteiger charge is 2.18. The molecule has 2 rings (SSSR count). The summed E-state index contributed by atoms with van der Waals surface area (Å²) in [6.45, 7) is 2.70. The molecule has 2 aromatic rings. The molecule has 0 aliphatic rings. The van der Waals surface area contributed by atoms with Crippen molar-refractivity contribution in [3.05, 3.63) is 65.5 Å². The monoisotopic (exact) mass is 361 g/mol.